The highest BCUT2D eigenvalue weighted by atomic mass is 16.5. The molecule has 1 N–H and O–H groups in total. The molecule has 0 aliphatic carbocycles. The summed E-state index contributed by atoms with van der Waals surface area (Å²) in [6.07, 6.45) is 0. The van der Waals surface area contributed by atoms with Gasteiger partial charge in [-0.2, -0.15) is 0 Å². The molecule has 1 atom stereocenters. The first-order chi connectivity index (χ1) is 12.6. The van der Waals surface area contributed by atoms with Gasteiger partial charge in [0.05, 0.1) is 20.8 Å². The summed E-state index contributed by atoms with van der Waals surface area (Å²) in [5.41, 5.74) is 1.44. The Kier molecular flexibility index (Phi) is 7.29. The second-order valence-corrected chi connectivity index (χ2v) is 5.81. The Labute approximate surface area is 154 Å². The van der Waals surface area contributed by atoms with Gasteiger partial charge in [0, 0.05) is 18.7 Å². The molecule has 2 aromatic carbocycles. The van der Waals surface area contributed by atoms with Crippen LogP contribution in [-0.4, -0.2) is 39.9 Å². The van der Waals surface area contributed by atoms with E-state index in [2.05, 4.69) is 5.32 Å². The van der Waals surface area contributed by atoms with Gasteiger partial charge in [-0.05, 0) is 24.6 Å². The van der Waals surface area contributed by atoms with Crippen LogP contribution in [0.15, 0.2) is 42.5 Å². The number of nitrogens with one attached hydrogen (secondary N) is 1. The molecule has 0 radical (unpaired) electrons. The van der Waals surface area contributed by atoms with Gasteiger partial charge in [0.25, 0.3) is 5.91 Å². The van der Waals surface area contributed by atoms with Gasteiger partial charge >= 0.3 is 0 Å². The summed E-state index contributed by atoms with van der Waals surface area (Å²) >= 11 is 0. The summed E-state index contributed by atoms with van der Waals surface area (Å²) in [6.45, 7) is 2.66. The van der Waals surface area contributed by atoms with E-state index < -0.39 is 0 Å². The Hall–Kier alpha value is -2.73. The molecule has 0 aromatic heterocycles. The second-order valence-electron chi connectivity index (χ2n) is 5.81. The summed E-state index contributed by atoms with van der Waals surface area (Å²) in [5.74, 6) is 1.09. The van der Waals surface area contributed by atoms with Gasteiger partial charge in [0.1, 0.15) is 6.61 Å². The summed E-state index contributed by atoms with van der Waals surface area (Å²) in [7, 11) is 4.65. The largest absolute Gasteiger partial charge is 0.493 e. The van der Waals surface area contributed by atoms with Crippen LogP contribution in [0.2, 0.25) is 0 Å². The second kappa shape index (κ2) is 9.68. The molecule has 6 nitrogen and oxygen atoms in total. The lowest BCUT2D eigenvalue weighted by Gasteiger charge is -2.17. The van der Waals surface area contributed by atoms with Gasteiger partial charge in [-0.15, -0.1) is 0 Å². The molecular weight excluding hydrogens is 334 g/mol. The van der Waals surface area contributed by atoms with Crippen LogP contribution < -0.4 is 19.5 Å². The summed E-state index contributed by atoms with van der Waals surface area (Å²) in [6, 6.07) is 12.9. The van der Waals surface area contributed by atoms with E-state index in [9.17, 15) is 4.79 Å². The summed E-state index contributed by atoms with van der Waals surface area (Å²) < 4.78 is 21.7. The van der Waals surface area contributed by atoms with E-state index in [4.69, 9.17) is 18.9 Å². The first-order valence-electron chi connectivity index (χ1n) is 8.31. The molecular formula is C20H25NO5. The van der Waals surface area contributed by atoms with Gasteiger partial charge in [-0.25, -0.2) is 0 Å². The molecule has 0 spiro atoms. The van der Waals surface area contributed by atoms with Gasteiger partial charge in [0.15, 0.2) is 11.5 Å². The van der Waals surface area contributed by atoms with Crippen molar-refractivity contribution in [2.75, 3.05) is 27.9 Å². The Bertz CT molecular complexity index is 692. The van der Waals surface area contributed by atoms with Gasteiger partial charge < -0.3 is 24.3 Å². The lowest BCUT2D eigenvalue weighted by molar-refractivity contribution is 0.0904. The van der Waals surface area contributed by atoms with Crippen LogP contribution in [0.5, 0.6) is 17.2 Å². The number of ether oxygens (including phenoxy) is 4. The highest BCUT2D eigenvalue weighted by molar-refractivity contribution is 5.95. The molecule has 6 heteroatoms. The van der Waals surface area contributed by atoms with Crippen LogP contribution in [0.4, 0.5) is 0 Å². The fraction of sp³-hybridized carbons (Fsp3) is 0.350. The highest BCUT2D eigenvalue weighted by Gasteiger charge is 2.19. The third-order valence-electron chi connectivity index (χ3n) is 3.74. The maximum absolute atomic E-state index is 12.4. The topological polar surface area (TPSA) is 66.0 Å². The Morgan fingerprint density at radius 3 is 2.19 bits per heavy atom. The number of benzene rings is 2. The lowest BCUT2D eigenvalue weighted by Crippen LogP contribution is -2.35. The zero-order valence-corrected chi connectivity index (χ0v) is 15.6. The number of methoxy groups -OCH3 is 3. The van der Waals surface area contributed by atoms with Crippen LogP contribution in [0.1, 0.15) is 22.8 Å². The van der Waals surface area contributed by atoms with E-state index in [1.165, 1.54) is 14.2 Å². The minimum Gasteiger partial charge on any atom is -0.493 e. The average Bonchev–Trinajstić information content (AvgIpc) is 2.66. The maximum atomic E-state index is 12.4. The number of hydrogen-bond donors (Lipinski definition) is 1. The summed E-state index contributed by atoms with van der Waals surface area (Å²) in [5, 5.41) is 2.86. The van der Waals surface area contributed by atoms with Gasteiger partial charge in [-0.1, -0.05) is 30.3 Å². The number of carbonyl (C=O) groups is 1. The first kappa shape index (κ1) is 19.6. The van der Waals surface area contributed by atoms with E-state index in [0.29, 0.717) is 36.0 Å². The van der Waals surface area contributed by atoms with Crippen molar-refractivity contribution in [2.45, 2.75) is 19.6 Å². The van der Waals surface area contributed by atoms with E-state index in [1.54, 1.807) is 19.2 Å². The van der Waals surface area contributed by atoms with Crippen LogP contribution in [0.3, 0.4) is 0 Å². The van der Waals surface area contributed by atoms with Crippen LogP contribution >= 0.6 is 0 Å². The number of rotatable bonds is 9. The molecule has 0 heterocycles. The predicted octanol–water partition coefficient (Wildman–Crippen LogP) is 3.05. The molecule has 0 saturated heterocycles. The van der Waals surface area contributed by atoms with E-state index in [0.717, 1.165) is 5.56 Å². The molecule has 0 saturated carbocycles. The van der Waals surface area contributed by atoms with E-state index in [1.807, 2.05) is 37.3 Å². The van der Waals surface area contributed by atoms with Crippen molar-refractivity contribution in [2.24, 2.45) is 0 Å². The SMILES string of the molecule is COCC(C)NC(=O)c1cc(OC)c(OCc2ccccc2)c(OC)c1. The Morgan fingerprint density at radius 1 is 1.04 bits per heavy atom. The fourth-order valence-electron chi connectivity index (χ4n) is 2.48. The molecule has 0 bridgehead atoms. The number of carbonyl (C=O) groups excluding carboxylic acids is 1. The molecule has 0 fully saturated rings. The van der Waals surface area contributed by atoms with Gasteiger partial charge in [0.2, 0.25) is 5.75 Å². The molecule has 0 aliphatic rings. The van der Waals surface area contributed by atoms with Crippen molar-refractivity contribution in [3.8, 4) is 17.2 Å². The van der Waals surface area contributed by atoms with Crippen LogP contribution in [0, 0.1) is 0 Å². The van der Waals surface area contributed by atoms with E-state index in [-0.39, 0.29) is 11.9 Å². The zero-order chi connectivity index (χ0) is 18.9. The Morgan fingerprint density at radius 2 is 1.65 bits per heavy atom. The quantitative estimate of drug-likeness (QED) is 0.745. The van der Waals surface area contributed by atoms with E-state index >= 15 is 0 Å². The maximum Gasteiger partial charge on any atom is 0.251 e. The average molecular weight is 359 g/mol. The monoisotopic (exact) mass is 359 g/mol. The molecule has 1 amide bonds. The molecule has 2 aromatic rings. The first-order valence-corrected chi connectivity index (χ1v) is 8.31. The molecule has 140 valence electrons. The Balaban J connectivity index is 2.22. The lowest BCUT2D eigenvalue weighted by atomic mass is 10.1. The normalized spacial score (nSPS) is 11.5. The minimum atomic E-state index is -0.235. The fourth-order valence-corrected chi connectivity index (χ4v) is 2.48. The highest BCUT2D eigenvalue weighted by Crippen LogP contribution is 2.39. The van der Waals surface area contributed by atoms with Crippen molar-refractivity contribution in [3.63, 3.8) is 0 Å². The molecule has 0 aliphatic heterocycles. The van der Waals surface area contributed by atoms with Crippen molar-refractivity contribution >= 4 is 5.91 Å². The third kappa shape index (κ3) is 5.13. The van der Waals surface area contributed by atoms with Crippen molar-refractivity contribution in [1.29, 1.82) is 0 Å². The molecule has 1 unspecified atom stereocenters. The van der Waals surface area contributed by atoms with Crippen LogP contribution in [0.25, 0.3) is 0 Å². The summed E-state index contributed by atoms with van der Waals surface area (Å²) in [4.78, 5) is 12.4. The van der Waals surface area contributed by atoms with Crippen molar-refractivity contribution in [1.82, 2.24) is 5.32 Å². The van der Waals surface area contributed by atoms with Crippen LogP contribution in [-0.2, 0) is 11.3 Å². The van der Waals surface area contributed by atoms with Gasteiger partial charge in [-0.3, -0.25) is 4.79 Å². The standard InChI is InChI=1S/C20H25NO5/c1-14(12-23-2)21-20(22)16-10-17(24-3)19(18(11-16)25-4)26-13-15-8-6-5-7-9-15/h5-11,14H,12-13H2,1-4H3,(H,21,22). The number of amides is 1. The predicted molar refractivity (Wildman–Crippen MR) is 99.1 cm³/mol. The van der Waals surface area contributed by atoms with Crippen molar-refractivity contribution < 1.29 is 23.7 Å². The van der Waals surface area contributed by atoms with Crippen molar-refractivity contribution in [3.05, 3.63) is 53.6 Å². The molecule has 26 heavy (non-hydrogen) atoms. The minimum absolute atomic E-state index is 0.113. The smallest absolute Gasteiger partial charge is 0.251 e. The third-order valence-corrected chi connectivity index (χ3v) is 3.74. The molecule has 2 rings (SSSR count). The zero-order valence-electron chi connectivity index (χ0n) is 15.6. The number of hydrogen-bond acceptors (Lipinski definition) is 5.